The molecule has 7 aromatic carbocycles. The van der Waals surface area contributed by atoms with Crippen molar-refractivity contribution in [3.63, 3.8) is 0 Å². The van der Waals surface area contributed by atoms with Crippen LogP contribution in [0.4, 0.5) is 17.1 Å². The van der Waals surface area contributed by atoms with E-state index in [0.717, 1.165) is 51.7 Å². The van der Waals surface area contributed by atoms with Gasteiger partial charge in [0.2, 0.25) is 0 Å². The number of aromatic nitrogens is 2. The largest absolute Gasteiger partial charge is 0.457 e. The van der Waals surface area contributed by atoms with Crippen LogP contribution in [0.25, 0.3) is 27.6 Å². The zero-order valence-corrected chi connectivity index (χ0v) is 39.8. The summed E-state index contributed by atoms with van der Waals surface area (Å²) in [6.45, 7) is 21.3. The Bertz CT molecular complexity index is 3180. The third kappa shape index (κ3) is 7.81. The molecular weight excluding hydrogens is 805 g/mol. The summed E-state index contributed by atoms with van der Waals surface area (Å²) in [5.74, 6) is 2.46. The highest BCUT2D eigenvalue weighted by Gasteiger charge is 2.33. The number of nitrogens with zero attached hydrogens (tertiary/aromatic N) is 3. The Morgan fingerprint density at radius 1 is 0.530 bits per heavy atom. The van der Waals surface area contributed by atoms with Crippen molar-refractivity contribution >= 4 is 38.9 Å². The molecule has 3 heterocycles. The Hall–Kier alpha value is -7.11. The molecule has 0 saturated carbocycles. The minimum atomic E-state index is -0.219. The predicted octanol–water partition coefficient (Wildman–Crippen LogP) is 15.8. The minimum absolute atomic E-state index is 0.00669. The molecule has 1 aliphatic heterocycles. The van der Waals surface area contributed by atoms with E-state index in [9.17, 15) is 0 Å². The zero-order chi connectivity index (χ0) is 46.0. The van der Waals surface area contributed by atoms with E-state index >= 15 is 0 Å². The molecule has 9 aromatic rings. The average molecular weight is 865 g/mol. The molecule has 0 spiro atoms. The summed E-state index contributed by atoms with van der Waals surface area (Å²) in [4.78, 5) is 7.35. The molecule has 2 aromatic heterocycles. The Morgan fingerprint density at radius 3 is 1.83 bits per heavy atom. The summed E-state index contributed by atoms with van der Waals surface area (Å²) >= 11 is 0. The van der Waals surface area contributed by atoms with E-state index in [4.69, 9.17) is 9.72 Å². The van der Waals surface area contributed by atoms with E-state index in [1.807, 2.05) is 6.20 Å². The standard InChI is InChI=1S/C61H60N4O/c1-40-31-53-54(63-47-34-45(60(6,7)42-19-12-10-13-20-42)33-46(35-47)61(8,9)43-21-14-11-15-22-43)39-64(56(53)32-41(40)2)48-23-18-24-49(37-48)66-50-27-28-52-51-25-16-17-26-55(51)65(57(52)38-50)58-36-44(29-30-62-58)59(3,4)5/h10-38,54,63H,39H2,1-9H3. The lowest BCUT2D eigenvalue weighted by Crippen LogP contribution is -2.24. The predicted molar refractivity (Wildman–Crippen MR) is 277 cm³/mol. The number of rotatable bonds is 10. The second-order valence-corrected chi connectivity index (χ2v) is 20.4. The SMILES string of the molecule is Cc1cc2c(cc1C)N(c1cccc(Oc3ccc4c5ccccc5n(-c5cc(C(C)(C)C)ccn5)c4c3)c1)CC2Nc1cc(C(C)(C)c2ccccc2)cc(C(C)(C)c2ccccc2)c1. The maximum Gasteiger partial charge on any atom is 0.137 e. The Labute approximate surface area is 390 Å². The van der Waals surface area contributed by atoms with Crippen LogP contribution < -0.4 is 15.0 Å². The Morgan fingerprint density at radius 2 is 1.15 bits per heavy atom. The number of anilines is 3. The first kappa shape index (κ1) is 42.8. The van der Waals surface area contributed by atoms with Gasteiger partial charge in [0.05, 0.1) is 17.1 Å². The van der Waals surface area contributed by atoms with E-state index in [0.29, 0.717) is 0 Å². The molecule has 0 saturated heterocycles. The molecule has 5 heteroatoms. The van der Waals surface area contributed by atoms with E-state index in [1.165, 1.54) is 55.6 Å². The van der Waals surface area contributed by atoms with Gasteiger partial charge in [0.25, 0.3) is 0 Å². The molecule has 0 radical (unpaired) electrons. The van der Waals surface area contributed by atoms with E-state index in [2.05, 4.69) is 247 Å². The molecule has 1 aliphatic rings. The number of fused-ring (bicyclic) bond motifs is 4. The number of benzene rings is 7. The van der Waals surface area contributed by atoms with Crippen molar-refractivity contribution in [1.29, 1.82) is 0 Å². The summed E-state index contributed by atoms with van der Waals surface area (Å²) in [6.07, 6.45) is 1.93. The van der Waals surface area contributed by atoms with Gasteiger partial charge in [0.1, 0.15) is 17.3 Å². The van der Waals surface area contributed by atoms with Gasteiger partial charge in [0.15, 0.2) is 0 Å². The summed E-state index contributed by atoms with van der Waals surface area (Å²) in [7, 11) is 0. The number of para-hydroxylation sites is 1. The number of aryl methyl sites for hydroxylation is 2. The minimum Gasteiger partial charge on any atom is -0.457 e. The molecule has 0 amide bonds. The van der Waals surface area contributed by atoms with Crippen LogP contribution in [0.15, 0.2) is 176 Å². The van der Waals surface area contributed by atoms with Crippen LogP contribution in [0.3, 0.4) is 0 Å². The van der Waals surface area contributed by atoms with Crippen LogP contribution in [0, 0.1) is 13.8 Å². The van der Waals surface area contributed by atoms with Gasteiger partial charge in [0, 0.05) is 69.1 Å². The Balaban J connectivity index is 0.999. The molecular formula is C61H60N4O. The van der Waals surface area contributed by atoms with Crippen LogP contribution >= 0.6 is 0 Å². The molecule has 0 bridgehead atoms. The number of nitrogens with one attached hydrogen (secondary N) is 1. The van der Waals surface area contributed by atoms with Crippen LogP contribution in [-0.4, -0.2) is 16.1 Å². The fourth-order valence-electron chi connectivity index (χ4n) is 9.88. The van der Waals surface area contributed by atoms with Gasteiger partial charge < -0.3 is 15.0 Å². The average Bonchev–Trinajstić information content (AvgIpc) is 3.83. The second-order valence-electron chi connectivity index (χ2n) is 20.4. The van der Waals surface area contributed by atoms with E-state index in [1.54, 1.807) is 0 Å². The molecule has 66 heavy (non-hydrogen) atoms. The molecule has 0 aliphatic carbocycles. The fourth-order valence-corrected chi connectivity index (χ4v) is 9.88. The van der Waals surface area contributed by atoms with Gasteiger partial charge in [-0.2, -0.15) is 0 Å². The number of ether oxygens (including phenoxy) is 1. The van der Waals surface area contributed by atoms with Gasteiger partial charge in [-0.25, -0.2) is 4.98 Å². The molecule has 1 atom stereocenters. The van der Waals surface area contributed by atoms with Gasteiger partial charge in [-0.15, -0.1) is 0 Å². The van der Waals surface area contributed by atoms with Gasteiger partial charge in [-0.1, -0.05) is 146 Å². The van der Waals surface area contributed by atoms with Crippen molar-refractivity contribution in [2.45, 2.75) is 84.6 Å². The summed E-state index contributed by atoms with van der Waals surface area (Å²) in [6, 6.07) is 61.6. The van der Waals surface area contributed by atoms with Gasteiger partial charge in [-0.3, -0.25) is 4.57 Å². The highest BCUT2D eigenvalue weighted by Crippen LogP contribution is 2.46. The third-order valence-corrected chi connectivity index (χ3v) is 14.2. The van der Waals surface area contributed by atoms with Crippen LogP contribution in [0.2, 0.25) is 0 Å². The zero-order valence-electron chi connectivity index (χ0n) is 39.8. The third-order valence-electron chi connectivity index (χ3n) is 14.2. The fraction of sp³-hybridized carbons (Fsp3) is 0.230. The molecule has 1 N–H and O–H groups in total. The van der Waals surface area contributed by atoms with Crippen molar-refractivity contribution in [3.8, 4) is 17.3 Å². The smallest absolute Gasteiger partial charge is 0.137 e. The summed E-state index contributed by atoms with van der Waals surface area (Å²) in [5, 5.41) is 6.46. The maximum atomic E-state index is 6.79. The molecule has 0 fully saturated rings. The first-order valence-electron chi connectivity index (χ1n) is 23.4. The lowest BCUT2D eigenvalue weighted by atomic mass is 9.73. The monoisotopic (exact) mass is 864 g/mol. The number of hydrogen-bond acceptors (Lipinski definition) is 4. The molecule has 330 valence electrons. The number of hydrogen-bond donors (Lipinski definition) is 1. The quantitative estimate of drug-likeness (QED) is 0.149. The second kappa shape index (κ2) is 16.4. The summed E-state index contributed by atoms with van der Waals surface area (Å²) < 4.78 is 9.06. The van der Waals surface area contributed by atoms with Crippen molar-refractivity contribution in [2.24, 2.45) is 0 Å². The molecule has 1 unspecified atom stereocenters. The van der Waals surface area contributed by atoms with Crippen molar-refractivity contribution in [2.75, 3.05) is 16.8 Å². The van der Waals surface area contributed by atoms with Crippen LogP contribution in [-0.2, 0) is 16.2 Å². The van der Waals surface area contributed by atoms with Crippen molar-refractivity contribution < 1.29 is 4.74 Å². The van der Waals surface area contributed by atoms with Crippen LogP contribution in [0.5, 0.6) is 11.5 Å². The number of pyridine rings is 1. The maximum absolute atomic E-state index is 6.79. The first-order valence-corrected chi connectivity index (χ1v) is 23.4. The van der Waals surface area contributed by atoms with Crippen molar-refractivity contribution in [3.05, 3.63) is 221 Å². The van der Waals surface area contributed by atoms with Gasteiger partial charge >= 0.3 is 0 Å². The van der Waals surface area contributed by atoms with Crippen LogP contribution in [0.1, 0.15) is 99.0 Å². The van der Waals surface area contributed by atoms with E-state index in [-0.39, 0.29) is 22.3 Å². The van der Waals surface area contributed by atoms with Gasteiger partial charge in [-0.05, 0) is 119 Å². The van der Waals surface area contributed by atoms with E-state index < -0.39 is 0 Å². The summed E-state index contributed by atoms with van der Waals surface area (Å²) in [5.41, 5.74) is 15.4. The highest BCUT2D eigenvalue weighted by atomic mass is 16.5. The van der Waals surface area contributed by atoms with Crippen molar-refractivity contribution in [1.82, 2.24) is 9.55 Å². The first-order chi connectivity index (χ1) is 31.6. The lowest BCUT2D eigenvalue weighted by molar-refractivity contribution is 0.483. The topological polar surface area (TPSA) is 42.3 Å². The lowest BCUT2D eigenvalue weighted by Gasteiger charge is -2.32. The normalized spacial score (nSPS) is 14.2. The Kier molecular flexibility index (Phi) is 10.6. The highest BCUT2D eigenvalue weighted by molar-refractivity contribution is 6.09. The molecule has 5 nitrogen and oxygen atoms in total. The molecule has 10 rings (SSSR count).